The number of rotatable bonds is 15. The van der Waals surface area contributed by atoms with E-state index in [0.29, 0.717) is 13.4 Å². The van der Waals surface area contributed by atoms with Gasteiger partial charge < -0.3 is 9.47 Å². The van der Waals surface area contributed by atoms with Crippen LogP contribution in [0.5, 0.6) is 0 Å². The van der Waals surface area contributed by atoms with Crippen LogP contribution < -0.4 is 0 Å². The minimum atomic E-state index is -4.83. The quantitative estimate of drug-likeness (QED) is 0.0487. The largest absolute Gasteiger partial charge is 0.453 e. The number of benzene rings is 4. The summed E-state index contributed by atoms with van der Waals surface area (Å²) in [7, 11) is -14.2. The number of ether oxygens (including phenoxy) is 2. The number of hydrogen-bond donors (Lipinski definition) is 0. The van der Waals surface area contributed by atoms with Gasteiger partial charge in [0.05, 0.1) is 20.2 Å². The second kappa shape index (κ2) is 19.0. The van der Waals surface area contributed by atoms with Gasteiger partial charge in [0.2, 0.25) is 0 Å². The summed E-state index contributed by atoms with van der Waals surface area (Å²) < 4.78 is 116. The fourth-order valence-electron chi connectivity index (χ4n) is 5.37. The number of carbonyl (C=O) groups excluding carboxylic acids is 1. The van der Waals surface area contributed by atoms with Crippen molar-refractivity contribution in [2.45, 2.75) is 57.7 Å². The Balaban J connectivity index is 1.70. The van der Waals surface area contributed by atoms with Crippen LogP contribution in [0.2, 0.25) is 0 Å². The molecule has 12 nitrogen and oxygen atoms in total. The van der Waals surface area contributed by atoms with Crippen LogP contribution in [0.3, 0.4) is 0 Å². The average molecular weight is 1120 g/mol. The first-order valence-electron chi connectivity index (χ1n) is 15.9. The molecule has 1 aliphatic heterocycles. The topological polar surface area (TPSA) is 166 Å². The summed E-state index contributed by atoms with van der Waals surface area (Å²) in [4.78, 5) is 12.7. The van der Waals surface area contributed by atoms with E-state index in [4.69, 9.17) is 22.0 Å². The molecule has 5 rings (SSSR count). The number of halogens is 4. The highest BCUT2D eigenvalue weighted by Gasteiger charge is 2.55. The molecule has 55 heavy (non-hydrogen) atoms. The monoisotopic (exact) mass is 1110 g/mol. The molecule has 0 saturated carbocycles. The van der Waals surface area contributed by atoms with Crippen LogP contribution >= 0.6 is 70.4 Å². The van der Waals surface area contributed by atoms with Crippen molar-refractivity contribution in [1.29, 1.82) is 0 Å². The van der Waals surface area contributed by atoms with Gasteiger partial charge >= 0.3 is 5.97 Å². The number of carbonyl (C=O) groups is 1. The van der Waals surface area contributed by atoms with E-state index in [0.717, 1.165) is 0 Å². The molecular formula is C36H30Br3IO12S3. The average Bonchev–Trinajstić information content (AvgIpc) is 3.14. The second-order valence-corrected chi connectivity index (χ2v) is 19.8. The van der Waals surface area contributed by atoms with E-state index in [-0.39, 0.29) is 26.7 Å². The summed E-state index contributed by atoms with van der Waals surface area (Å²) in [6, 6.07) is 24.0. The van der Waals surface area contributed by atoms with Gasteiger partial charge in [-0.1, -0.05) is 94.7 Å². The minimum Gasteiger partial charge on any atom is -0.453 e. The highest BCUT2D eigenvalue weighted by molar-refractivity contribution is 14.1. The Labute approximate surface area is 358 Å². The molecule has 4 aromatic rings. The maximum Gasteiger partial charge on any atom is 0.338 e. The zero-order chi connectivity index (χ0) is 40.0. The summed E-state index contributed by atoms with van der Waals surface area (Å²) in [6.45, 7) is 3.76. The van der Waals surface area contributed by atoms with Crippen molar-refractivity contribution < 1.29 is 52.1 Å². The van der Waals surface area contributed by atoms with E-state index in [2.05, 4.69) is 54.4 Å². The lowest BCUT2D eigenvalue weighted by Crippen LogP contribution is -2.64. The van der Waals surface area contributed by atoms with E-state index < -0.39 is 72.9 Å². The van der Waals surface area contributed by atoms with Crippen LogP contribution in [0.25, 0.3) is 0 Å². The molecule has 0 bridgehead atoms. The molecule has 0 radical (unpaired) electrons. The van der Waals surface area contributed by atoms with Crippen molar-refractivity contribution in [3.63, 3.8) is 0 Å². The molecule has 292 valence electrons. The fraction of sp³-hybridized carbons (Fsp3) is 0.194. The van der Waals surface area contributed by atoms with Gasteiger partial charge in [0.15, 0.2) is 6.10 Å². The standard InChI is InChI=1S/C36H30Br3IO12S3/c1-2-6-30-32(49-36(41)23-7-4-3-5-8-23)34(51-54(44,45)28-17-11-25(38)12-18-28)35(52-55(46,47)29-19-13-26(39)14-20-29)33(48-30)31(21-22-40)50-53(42,43)27-15-9-24(37)10-16-27/h2-5,7-22,30-35H,1,6H2/b22-21+/t30-,31?,32?,33-,34?,35+/m0/s1. The maximum atomic E-state index is 14.0. The van der Waals surface area contributed by atoms with E-state index in [1.54, 1.807) is 40.8 Å². The molecule has 4 aromatic carbocycles. The molecular weight excluding hydrogens is 1090 g/mol. The third kappa shape index (κ3) is 11.2. The molecule has 19 heteroatoms. The predicted octanol–water partition coefficient (Wildman–Crippen LogP) is 8.11. The van der Waals surface area contributed by atoms with Gasteiger partial charge in [-0.05, 0) is 102 Å². The Morgan fingerprint density at radius 2 is 1.15 bits per heavy atom. The summed E-state index contributed by atoms with van der Waals surface area (Å²) in [6.07, 6.45) is -7.92. The van der Waals surface area contributed by atoms with Crippen LogP contribution in [0, 0.1) is 0 Å². The van der Waals surface area contributed by atoms with E-state index >= 15 is 0 Å². The Hall–Kier alpha value is -2.31. The molecule has 1 aliphatic rings. The third-order valence-corrected chi connectivity index (χ3v) is 13.9. The van der Waals surface area contributed by atoms with Crippen LogP contribution in [0.15, 0.2) is 154 Å². The first-order chi connectivity index (χ1) is 26.0. The van der Waals surface area contributed by atoms with Crippen molar-refractivity contribution in [1.82, 2.24) is 0 Å². The van der Waals surface area contributed by atoms with Crippen LogP contribution in [0.1, 0.15) is 16.8 Å². The first-order valence-corrected chi connectivity index (χ1v) is 23.8. The first kappa shape index (κ1) is 43.8. The minimum absolute atomic E-state index is 0.0751. The highest BCUT2D eigenvalue weighted by atomic mass is 127. The Bertz CT molecular complexity index is 2330. The van der Waals surface area contributed by atoms with Gasteiger partial charge in [-0.25, -0.2) is 4.79 Å². The van der Waals surface area contributed by atoms with Gasteiger partial charge in [-0.3, -0.25) is 12.5 Å². The van der Waals surface area contributed by atoms with Crippen LogP contribution in [-0.4, -0.2) is 67.8 Å². The summed E-state index contributed by atoms with van der Waals surface area (Å²) in [5, 5.41) is 0. The Kier molecular flexibility index (Phi) is 15.1. The van der Waals surface area contributed by atoms with Gasteiger partial charge in [0.25, 0.3) is 30.4 Å². The molecule has 1 heterocycles. The molecule has 0 aromatic heterocycles. The highest BCUT2D eigenvalue weighted by Crippen LogP contribution is 2.38. The Morgan fingerprint density at radius 1 is 0.691 bits per heavy atom. The van der Waals surface area contributed by atoms with Crippen molar-refractivity contribution in [2.24, 2.45) is 0 Å². The van der Waals surface area contributed by atoms with Crippen LogP contribution in [-0.2, 0) is 52.4 Å². The van der Waals surface area contributed by atoms with Crippen molar-refractivity contribution in [2.75, 3.05) is 0 Å². The molecule has 0 amide bonds. The maximum absolute atomic E-state index is 14.0. The summed E-state index contributed by atoms with van der Waals surface area (Å²) in [5.74, 6) is -0.927. The second-order valence-electron chi connectivity index (χ2n) is 11.6. The normalized spacial score (nSPS) is 21.2. The van der Waals surface area contributed by atoms with E-state index in [1.807, 2.05) is 0 Å². The molecule has 3 unspecified atom stereocenters. The van der Waals surface area contributed by atoms with Gasteiger partial charge in [0, 0.05) is 13.4 Å². The number of hydrogen-bond acceptors (Lipinski definition) is 12. The molecule has 0 aliphatic carbocycles. The molecule has 0 spiro atoms. The number of esters is 1. The molecule has 1 saturated heterocycles. The van der Waals surface area contributed by atoms with Crippen LogP contribution in [0.4, 0.5) is 0 Å². The van der Waals surface area contributed by atoms with Crippen molar-refractivity contribution in [3.8, 4) is 0 Å². The van der Waals surface area contributed by atoms with Crippen molar-refractivity contribution in [3.05, 3.63) is 145 Å². The van der Waals surface area contributed by atoms with Crippen molar-refractivity contribution >= 4 is 107 Å². The zero-order valence-corrected chi connectivity index (χ0v) is 37.4. The fourth-order valence-corrected chi connectivity index (χ4v) is 9.80. The zero-order valence-electron chi connectivity index (χ0n) is 28.1. The lowest BCUT2D eigenvalue weighted by atomic mass is 9.90. The SMILES string of the molecule is C=CC[C@@H]1O[C@@H](C(/C=C/I)OS(=O)(=O)c2ccc(Br)cc2)[C@@H](OS(=O)(=O)c2ccc(Br)cc2)C(OS(=O)(=O)c2ccc(Br)cc2)C1OC(=O)c1ccccc1. The summed E-state index contributed by atoms with van der Waals surface area (Å²) in [5.41, 5.74) is 0.0751. The Morgan fingerprint density at radius 3 is 1.60 bits per heavy atom. The lowest BCUT2D eigenvalue weighted by molar-refractivity contribution is -0.219. The van der Waals surface area contributed by atoms with Gasteiger partial charge in [0.1, 0.15) is 30.5 Å². The third-order valence-electron chi connectivity index (χ3n) is 7.93. The predicted molar refractivity (Wildman–Crippen MR) is 221 cm³/mol. The molecule has 0 N–H and O–H groups in total. The van der Waals surface area contributed by atoms with E-state index in [1.165, 1.54) is 101 Å². The van der Waals surface area contributed by atoms with Gasteiger partial charge in [-0.15, -0.1) is 6.58 Å². The smallest absolute Gasteiger partial charge is 0.338 e. The van der Waals surface area contributed by atoms with Gasteiger partial charge in [-0.2, -0.15) is 25.3 Å². The summed E-state index contributed by atoms with van der Waals surface area (Å²) >= 11 is 11.6. The lowest BCUT2D eigenvalue weighted by Gasteiger charge is -2.46. The van der Waals surface area contributed by atoms with E-state index in [9.17, 15) is 30.0 Å². The molecule has 6 atom stereocenters. The molecule has 1 fully saturated rings.